The number of allylic oxidation sites excluding steroid dienone is 1. The molecule has 0 fully saturated rings. The summed E-state index contributed by atoms with van der Waals surface area (Å²) >= 11 is 0. The average Bonchev–Trinajstić information content (AvgIpc) is 3.26. The molecule has 1 aliphatic heterocycles. The molecule has 0 spiro atoms. The molecule has 2 heterocycles. The number of aryl methyl sites for hydroxylation is 3. The van der Waals surface area contributed by atoms with Gasteiger partial charge in [-0.1, -0.05) is 19.8 Å². The molecule has 0 atom stereocenters. The van der Waals surface area contributed by atoms with E-state index in [2.05, 4.69) is 48.2 Å². The second-order valence-corrected chi connectivity index (χ2v) is 8.05. The van der Waals surface area contributed by atoms with Crippen LogP contribution in [0.2, 0.25) is 0 Å². The van der Waals surface area contributed by atoms with Crippen molar-refractivity contribution in [1.29, 1.82) is 5.26 Å². The van der Waals surface area contributed by atoms with Gasteiger partial charge in [0.15, 0.2) is 0 Å². The number of aromatic nitrogens is 2. The van der Waals surface area contributed by atoms with E-state index in [1.807, 2.05) is 25.1 Å². The zero-order chi connectivity index (χ0) is 23.4. The Balaban J connectivity index is 1.75. The third kappa shape index (κ3) is 4.45. The number of nitrogens with one attached hydrogen (secondary N) is 1. The van der Waals surface area contributed by atoms with E-state index in [9.17, 15) is 0 Å². The number of nitrogens with zero attached hydrogens (tertiary/aromatic N) is 4. The summed E-state index contributed by atoms with van der Waals surface area (Å²) in [5.74, 6) is 4.11. The lowest BCUT2D eigenvalue weighted by Gasteiger charge is -2.26. The summed E-state index contributed by atoms with van der Waals surface area (Å²) in [6, 6.07) is 13.9. The van der Waals surface area contributed by atoms with Crippen molar-refractivity contribution < 1.29 is 0 Å². The molecule has 0 unspecified atom stereocenters. The highest BCUT2D eigenvalue weighted by Crippen LogP contribution is 2.40. The van der Waals surface area contributed by atoms with Crippen LogP contribution in [0, 0.1) is 30.6 Å². The maximum absolute atomic E-state index is 9.03. The standard InChI is InChI=1S/C28H27N5/c1-5-8-9-21-16-22(6-2)26(23(7-3)17-21)33-15-14-25-19(4)30-28(32-27(25)33)31-24-12-10-20(18-29)11-13-24/h1,8-13,16-17H,6-7,14-15H2,2-4H3,(H,30,31,32)/b9-8+. The Hall–Kier alpha value is -4.09. The van der Waals surface area contributed by atoms with Crippen LogP contribution in [-0.2, 0) is 19.3 Å². The smallest absolute Gasteiger partial charge is 0.229 e. The topological polar surface area (TPSA) is 64.8 Å². The molecule has 4 rings (SSSR count). The SMILES string of the molecule is C#C/C=C/c1cc(CC)c(N2CCc3c(C)nc(Nc4ccc(C#N)cc4)nc32)c(CC)c1. The van der Waals surface area contributed by atoms with Crippen molar-refractivity contribution in [2.45, 2.75) is 40.0 Å². The quantitative estimate of drug-likeness (QED) is 0.493. The van der Waals surface area contributed by atoms with Gasteiger partial charge in [-0.05, 0) is 91.4 Å². The summed E-state index contributed by atoms with van der Waals surface area (Å²) in [5.41, 5.74) is 8.62. The zero-order valence-electron chi connectivity index (χ0n) is 19.3. The second kappa shape index (κ2) is 9.59. The molecule has 1 aliphatic rings. The second-order valence-electron chi connectivity index (χ2n) is 8.05. The van der Waals surface area contributed by atoms with E-state index >= 15 is 0 Å². The minimum Gasteiger partial charge on any atom is -0.325 e. The van der Waals surface area contributed by atoms with Crippen molar-refractivity contribution in [2.75, 3.05) is 16.8 Å². The van der Waals surface area contributed by atoms with E-state index in [-0.39, 0.29) is 0 Å². The third-order valence-corrected chi connectivity index (χ3v) is 6.00. The first-order valence-electron chi connectivity index (χ1n) is 11.3. The molecule has 0 saturated heterocycles. The number of benzene rings is 2. The predicted molar refractivity (Wildman–Crippen MR) is 135 cm³/mol. The Morgan fingerprint density at radius 2 is 1.82 bits per heavy atom. The summed E-state index contributed by atoms with van der Waals surface area (Å²) in [5, 5.41) is 12.3. The van der Waals surface area contributed by atoms with Gasteiger partial charge in [-0.3, -0.25) is 0 Å². The predicted octanol–water partition coefficient (Wildman–Crippen LogP) is 5.87. The van der Waals surface area contributed by atoms with E-state index in [4.69, 9.17) is 21.7 Å². The monoisotopic (exact) mass is 433 g/mol. The summed E-state index contributed by atoms with van der Waals surface area (Å²) in [4.78, 5) is 12.0. The number of hydrogen-bond donors (Lipinski definition) is 1. The van der Waals surface area contributed by atoms with Crippen molar-refractivity contribution in [1.82, 2.24) is 9.97 Å². The van der Waals surface area contributed by atoms with Crippen LogP contribution in [0.1, 0.15) is 47.4 Å². The van der Waals surface area contributed by atoms with Gasteiger partial charge >= 0.3 is 0 Å². The molecule has 1 N–H and O–H groups in total. The van der Waals surface area contributed by atoms with E-state index < -0.39 is 0 Å². The fourth-order valence-corrected chi connectivity index (χ4v) is 4.37. The molecule has 2 aromatic carbocycles. The molecule has 3 aromatic rings. The van der Waals surface area contributed by atoms with Crippen LogP contribution in [0.4, 0.5) is 23.1 Å². The van der Waals surface area contributed by atoms with Gasteiger partial charge in [-0.25, -0.2) is 4.98 Å². The van der Waals surface area contributed by atoms with Gasteiger partial charge in [0, 0.05) is 29.2 Å². The van der Waals surface area contributed by atoms with E-state index in [1.165, 1.54) is 22.4 Å². The molecule has 0 bridgehead atoms. The van der Waals surface area contributed by atoms with Crippen molar-refractivity contribution >= 4 is 29.2 Å². The maximum atomic E-state index is 9.03. The zero-order valence-corrected chi connectivity index (χ0v) is 19.3. The molecule has 5 nitrogen and oxygen atoms in total. The number of fused-ring (bicyclic) bond motifs is 1. The first kappa shape index (κ1) is 22.1. The first-order valence-corrected chi connectivity index (χ1v) is 11.3. The van der Waals surface area contributed by atoms with Gasteiger partial charge in [-0.2, -0.15) is 10.2 Å². The summed E-state index contributed by atoms with van der Waals surface area (Å²) in [7, 11) is 0. The molecule has 33 heavy (non-hydrogen) atoms. The van der Waals surface area contributed by atoms with Crippen LogP contribution < -0.4 is 10.2 Å². The maximum Gasteiger partial charge on any atom is 0.229 e. The largest absolute Gasteiger partial charge is 0.325 e. The van der Waals surface area contributed by atoms with Crippen molar-refractivity contribution in [3.63, 3.8) is 0 Å². The van der Waals surface area contributed by atoms with E-state index in [0.717, 1.165) is 48.6 Å². The Kier molecular flexibility index (Phi) is 6.43. The minimum absolute atomic E-state index is 0.563. The molecule has 5 heteroatoms. The Morgan fingerprint density at radius 1 is 1.12 bits per heavy atom. The molecular weight excluding hydrogens is 406 g/mol. The third-order valence-electron chi connectivity index (χ3n) is 6.00. The molecule has 0 amide bonds. The number of anilines is 4. The van der Waals surface area contributed by atoms with Crippen LogP contribution in [-0.4, -0.2) is 16.5 Å². The number of terminal acetylenes is 1. The van der Waals surface area contributed by atoms with Crippen LogP contribution in [0.25, 0.3) is 6.08 Å². The highest BCUT2D eigenvalue weighted by Gasteiger charge is 2.28. The minimum atomic E-state index is 0.563. The lowest BCUT2D eigenvalue weighted by molar-refractivity contribution is 0.951. The van der Waals surface area contributed by atoms with Crippen LogP contribution in [0.5, 0.6) is 0 Å². The van der Waals surface area contributed by atoms with Crippen molar-refractivity contribution in [2.24, 2.45) is 0 Å². The van der Waals surface area contributed by atoms with Gasteiger partial charge in [0.05, 0.1) is 11.6 Å². The molecule has 0 aliphatic carbocycles. The van der Waals surface area contributed by atoms with Crippen molar-refractivity contribution in [3.05, 3.63) is 76.0 Å². The highest BCUT2D eigenvalue weighted by molar-refractivity contribution is 5.76. The van der Waals surface area contributed by atoms with Gasteiger partial charge in [0.2, 0.25) is 5.95 Å². The first-order chi connectivity index (χ1) is 16.1. The molecule has 0 radical (unpaired) electrons. The fourth-order valence-electron chi connectivity index (χ4n) is 4.37. The summed E-state index contributed by atoms with van der Waals surface area (Å²) in [6.07, 6.45) is 11.9. The van der Waals surface area contributed by atoms with Gasteiger partial charge in [0.1, 0.15) is 5.82 Å². The lowest BCUT2D eigenvalue weighted by Crippen LogP contribution is -2.19. The normalized spacial score (nSPS) is 12.5. The molecule has 0 saturated carbocycles. The Bertz CT molecular complexity index is 1260. The van der Waals surface area contributed by atoms with Crippen LogP contribution in [0.15, 0.2) is 42.5 Å². The van der Waals surface area contributed by atoms with Gasteiger partial charge < -0.3 is 10.2 Å². The lowest BCUT2D eigenvalue weighted by atomic mass is 9.98. The molecule has 1 aromatic heterocycles. The van der Waals surface area contributed by atoms with E-state index in [1.54, 1.807) is 18.2 Å². The van der Waals surface area contributed by atoms with Gasteiger partial charge in [-0.15, -0.1) is 6.42 Å². The van der Waals surface area contributed by atoms with Gasteiger partial charge in [0.25, 0.3) is 0 Å². The number of rotatable bonds is 6. The Morgan fingerprint density at radius 3 is 2.42 bits per heavy atom. The molecule has 164 valence electrons. The number of nitriles is 1. The van der Waals surface area contributed by atoms with Crippen molar-refractivity contribution in [3.8, 4) is 18.4 Å². The molecular formula is C28H27N5. The van der Waals surface area contributed by atoms with Crippen LogP contribution in [0.3, 0.4) is 0 Å². The Labute approximate surface area is 195 Å². The average molecular weight is 434 g/mol. The van der Waals surface area contributed by atoms with E-state index in [0.29, 0.717) is 11.5 Å². The highest BCUT2D eigenvalue weighted by atomic mass is 15.3. The summed E-state index contributed by atoms with van der Waals surface area (Å²) < 4.78 is 0. The van der Waals surface area contributed by atoms with Crippen LogP contribution >= 0.6 is 0 Å². The summed E-state index contributed by atoms with van der Waals surface area (Å²) in [6.45, 7) is 7.30. The fraction of sp³-hybridized carbons (Fsp3) is 0.250. The number of hydrogen-bond acceptors (Lipinski definition) is 5.